The van der Waals surface area contributed by atoms with Crippen molar-refractivity contribution in [3.05, 3.63) is 247 Å². The van der Waals surface area contributed by atoms with Crippen molar-refractivity contribution >= 4 is 27.8 Å². The van der Waals surface area contributed by atoms with Gasteiger partial charge in [0.2, 0.25) is 0 Å². The van der Waals surface area contributed by atoms with E-state index in [1.54, 1.807) is 0 Å². The summed E-state index contributed by atoms with van der Waals surface area (Å²) in [6.45, 7) is 7.06. The maximum Gasteiger partial charge on any atom is 0.0543 e. The molecule has 63 heavy (non-hydrogen) atoms. The molecule has 0 amide bonds. The highest BCUT2D eigenvalue weighted by Gasteiger charge is 2.39. The Morgan fingerprint density at radius 2 is 0.825 bits per heavy atom. The number of para-hydroxylation sites is 1. The van der Waals surface area contributed by atoms with Crippen molar-refractivity contribution in [2.75, 3.05) is 4.90 Å². The predicted molar refractivity (Wildman–Crippen MR) is 268 cm³/mol. The second-order valence-corrected chi connectivity index (χ2v) is 17.3. The molecule has 0 bridgehead atoms. The van der Waals surface area contributed by atoms with Gasteiger partial charge >= 0.3 is 0 Å². The molecule has 0 unspecified atom stereocenters. The number of hydrogen-bond acceptors (Lipinski definition) is 1. The maximum atomic E-state index is 2.57. The van der Waals surface area contributed by atoms with Gasteiger partial charge in [-0.25, -0.2) is 0 Å². The fraction of sp³-hybridized carbons (Fsp3) is 0.0645. The molecule has 0 saturated heterocycles. The van der Waals surface area contributed by atoms with Crippen LogP contribution in [0.4, 0.5) is 17.1 Å². The molecule has 0 aliphatic heterocycles. The summed E-state index contributed by atoms with van der Waals surface area (Å²) in [5, 5.41) is 2.48. The Kier molecular flexibility index (Phi) is 9.47. The van der Waals surface area contributed by atoms with Gasteiger partial charge < -0.3 is 4.90 Å². The molecule has 0 heterocycles. The van der Waals surface area contributed by atoms with Gasteiger partial charge in [0, 0.05) is 22.1 Å². The number of anilines is 3. The average molecular weight is 806 g/mol. The smallest absolute Gasteiger partial charge is 0.0543 e. The minimum Gasteiger partial charge on any atom is -0.309 e. The minimum absolute atomic E-state index is 0.173. The standard InChI is InChI=1S/C62H47N/c1-42-37-39-58(60-53-32-15-17-35-55(53)62(2,3)61(42)60)63(57-40-38-47(43-21-7-4-8-22-43)41-54(57)45-25-11-6-12-26-45)56-36-18-16-31-51(56)49-29-13-14-30-50(49)52-34-20-28-46-27-19-33-48(59(46)52)44-23-9-5-10-24-44/h4-41H,1-3H3. The van der Waals surface area contributed by atoms with Crippen LogP contribution in [0, 0.1) is 6.92 Å². The third-order valence-corrected chi connectivity index (χ3v) is 13.2. The van der Waals surface area contributed by atoms with E-state index in [1.165, 1.54) is 94.3 Å². The van der Waals surface area contributed by atoms with Gasteiger partial charge in [0.15, 0.2) is 0 Å². The molecule has 10 aromatic carbocycles. The first-order valence-electron chi connectivity index (χ1n) is 22.0. The zero-order valence-electron chi connectivity index (χ0n) is 35.9. The fourth-order valence-corrected chi connectivity index (χ4v) is 10.4. The van der Waals surface area contributed by atoms with Crippen LogP contribution < -0.4 is 4.90 Å². The van der Waals surface area contributed by atoms with Crippen molar-refractivity contribution < 1.29 is 0 Å². The molecule has 1 heteroatoms. The van der Waals surface area contributed by atoms with Crippen molar-refractivity contribution in [2.24, 2.45) is 0 Å². The van der Waals surface area contributed by atoms with Gasteiger partial charge in [0.1, 0.15) is 0 Å². The lowest BCUT2D eigenvalue weighted by atomic mass is 9.80. The zero-order valence-corrected chi connectivity index (χ0v) is 35.9. The van der Waals surface area contributed by atoms with Gasteiger partial charge in [0.25, 0.3) is 0 Å². The number of rotatable bonds is 8. The number of hydrogen-bond donors (Lipinski definition) is 0. The lowest BCUT2D eigenvalue weighted by Crippen LogP contribution is -2.18. The molecule has 0 fully saturated rings. The van der Waals surface area contributed by atoms with Crippen molar-refractivity contribution in [3.8, 4) is 66.8 Å². The third kappa shape index (κ3) is 6.48. The molecule has 11 rings (SSSR count). The molecule has 1 aliphatic rings. The minimum atomic E-state index is -0.173. The Bertz CT molecular complexity index is 3300. The molecule has 0 aromatic heterocycles. The first kappa shape index (κ1) is 38.2. The van der Waals surface area contributed by atoms with E-state index < -0.39 is 0 Å². The van der Waals surface area contributed by atoms with Crippen LogP contribution in [0.25, 0.3) is 77.5 Å². The summed E-state index contributed by atoms with van der Waals surface area (Å²) in [5.74, 6) is 0. The lowest BCUT2D eigenvalue weighted by molar-refractivity contribution is 0.655. The third-order valence-electron chi connectivity index (χ3n) is 13.2. The zero-order chi connectivity index (χ0) is 42.5. The van der Waals surface area contributed by atoms with Gasteiger partial charge in [-0.3, -0.25) is 0 Å². The summed E-state index contributed by atoms with van der Waals surface area (Å²) >= 11 is 0. The molecule has 1 aliphatic carbocycles. The van der Waals surface area contributed by atoms with Gasteiger partial charge in [-0.1, -0.05) is 220 Å². The van der Waals surface area contributed by atoms with E-state index in [-0.39, 0.29) is 5.41 Å². The Morgan fingerprint density at radius 3 is 1.51 bits per heavy atom. The van der Waals surface area contributed by atoms with E-state index in [9.17, 15) is 0 Å². The Balaban J connectivity index is 1.22. The molecular formula is C62H47N. The molecule has 0 saturated carbocycles. The number of nitrogens with zero attached hydrogens (tertiary/aromatic N) is 1. The van der Waals surface area contributed by atoms with Crippen molar-refractivity contribution in [3.63, 3.8) is 0 Å². The predicted octanol–water partition coefficient (Wildman–Crippen LogP) is 17.3. The van der Waals surface area contributed by atoms with Gasteiger partial charge in [-0.2, -0.15) is 0 Å². The first-order valence-corrected chi connectivity index (χ1v) is 22.0. The SMILES string of the molecule is Cc1ccc(N(c2ccc(-c3ccccc3)cc2-c2ccccc2)c2ccccc2-c2ccccc2-c2cccc3cccc(-c4ccccc4)c23)c2c1C(C)(C)c1ccccc1-2. The van der Waals surface area contributed by atoms with Crippen LogP contribution in [0.3, 0.4) is 0 Å². The summed E-state index contributed by atoms with van der Waals surface area (Å²) in [5.41, 5.74) is 21.8. The molecule has 0 spiro atoms. The molecule has 1 nitrogen and oxygen atoms in total. The molecule has 0 radical (unpaired) electrons. The monoisotopic (exact) mass is 805 g/mol. The second kappa shape index (κ2) is 15.6. The van der Waals surface area contributed by atoms with Crippen LogP contribution >= 0.6 is 0 Å². The Labute approximate surface area is 371 Å². The van der Waals surface area contributed by atoms with E-state index in [1.807, 2.05) is 0 Å². The second-order valence-electron chi connectivity index (χ2n) is 17.3. The Morgan fingerprint density at radius 1 is 0.333 bits per heavy atom. The van der Waals surface area contributed by atoms with Gasteiger partial charge in [-0.15, -0.1) is 0 Å². The highest BCUT2D eigenvalue weighted by atomic mass is 15.2. The van der Waals surface area contributed by atoms with Crippen LogP contribution in [-0.2, 0) is 5.41 Å². The number of fused-ring (bicyclic) bond motifs is 4. The average Bonchev–Trinajstić information content (AvgIpc) is 3.60. The lowest BCUT2D eigenvalue weighted by Gasteiger charge is -2.33. The first-order chi connectivity index (χ1) is 31.0. The highest BCUT2D eigenvalue weighted by molar-refractivity contribution is 6.10. The van der Waals surface area contributed by atoms with Crippen LogP contribution in [0.15, 0.2) is 231 Å². The number of aryl methyl sites for hydroxylation is 1. The van der Waals surface area contributed by atoms with Crippen LogP contribution in [0.5, 0.6) is 0 Å². The summed E-state index contributed by atoms with van der Waals surface area (Å²) in [7, 11) is 0. The quantitative estimate of drug-likeness (QED) is 0.148. The largest absolute Gasteiger partial charge is 0.309 e. The molecule has 0 atom stereocenters. The molecule has 10 aromatic rings. The van der Waals surface area contributed by atoms with Crippen molar-refractivity contribution in [1.82, 2.24) is 0 Å². The summed E-state index contributed by atoms with van der Waals surface area (Å²) in [4.78, 5) is 2.57. The van der Waals surface area contributed by atoms with E-state index in [0.29, 0.717) is 0 Å². The van der Waals surface area contributed by atoms with E-state index in [4.69, 9.17) is 0 Å². The van der Waals surface area contributed by atoms with E-state index in [2.05, 4.69) is 256 Å². The van der Waals surface area contributed by atoms with Crippen molar-refractivity contribution in [2.45, 2.75) is 26.2 Å². The summed E-state index contributed by atoms with van der Waals surface area (Å²) in [6, 6.07) is 84.7. The molecule has 300 valence electrons. The van der Waals surface area contributed by atoms with E-state index >= 15 is 0 Å². The fourth-order valence-electron chi connectivity index (χ4n) is 10.4. The maximum absolute atomic E-state index is 2.57. The van der Waals surface area contributed by atoms with E-state index in [0.717, 1.165) is 16.9 Å². The Hall–Kier alpha value is -7.74. The van der Waals surface area contributed by atoms with Crippen LogP contribution in [-0.4, -0.2) is 0 Å². The number of benzene rings is 10. The molecule has 0 N–H and O–H groups in total. The van der Waals surface area contributed by atoms with Crippen LogP contribution in [0.2, 0.25) is 0 Å². The highest BCUT2D eigenvalue weighted by Crippen LogP contribution is 2.57. The summed E-state index contributed by atoms with van der Waals surface area (Å²) < 4.78 is 0. The van der Waals surface area contributed by atoms with Gasteiger partial charge in [0.05, 0.1) is 17.1 Å². The van der Waals surface area contributed by atoms with Crippen molar-refractivity contribution in [1.29, 1.82) is 0 Å². The normalized spacial score (nSPS) is 12.5. The van der Waals surface area contributed by atoms with Gasteiger partial charge in [-0.05, 0) is 109 Å². The topological polar surface area (TPSA) is 3.24 Å². The summed E-state index contributed by atoms with van der Waals surface area (Å²) in [6.07, 6.45) is 0. The van der Waals surface area contributed by atoms with Crippen LogP contribution in [0.1, 0.15) is 30.5 Å². The molecular weight excluding hydrogens is 759 g/mol.